The monoisotopic (exact) mass is 810 g/mol. The molecule has 2 aliphatic heterocycles. The largest absolute Gasteiger partial charge is 0.317 e. The molecule has 0 unspecified atom stereocenters. The number of Topliss-reactive ketones (excluding diaryl/α,β-unsaturated/α-hetero) is 1. The first kappa shape index (κ1) is 32.3. The molecule has 0 bridgehead atoms. The number of hydrogen-bond acceptors (Lipinski definition) is 8. The minimum Gasteiger partial charge on any atom is -0.317 e. The van der Waals surface area contributed by atoms with Crippen molar-refractivity contribution in [2.45, 2.75) is 63.6 Å². The fraction of sp³-hybridized carbons (Fsp3) is 0.441. The number of benzene rings is 1. The zero-order valence-corrected chi connectivity index (χ0v) is 30.5. The standard InChI is InChI=1S/C34H36BrIN8O3/c1-18-5-6-27(35)39-32(18)40-33(47)26-11-23(14-42-16-34(17-42)7-8-34)31(36)44(26)28(46)15-43-30-19(2)9-22(24-12-37-21(4)38-13-24)10-25(30)29(41-43)20(3)45/h5-6,9-10,12-13,23,26,31H,7-8,11,14-17H2,1-4H3,(H,39,40,47)/t23-,26+,31+/m1/s1. The number of pyridine rings is 1. The third-order valence-electron chi connectivity index (χ3n) is 9.75. The Labute approximate surface area is 295 Å². The molecule has 1 N–H and O–H groups in total. The van der Waals surface area contributed by atoms with Crippen molar-refractivity contribution in [2.75, 3.05) is 25.0 Å². The van der Waals surface area contributed by atoms with Crippen molar-refractivity contribution in [1.82, 2.24) is 34.5 Å². The van der Waals surface area contributed by atoms with Gasteiger partial charge in [0.05, 0.1) is 9.57 Å². The summed E-state index contributed by atoms with van der Waals surface area (Å²) >= 11 is 5.74. The summed E-state index contributed by atoms with van der Waals surface area (Å²) in [6, 6.07) is 6.96. The summed E-state index contributed by atoms with van der Waals surface area (Å²) in [5, 5.41) is 8.34. The second-order valence-electron chi connectivity index (χ2n) is 13.4. The van der Waals surface area contributed by atoms with Crippen LogP contribution < -0.4 is 5.32 Å². The number of alkyl halides is 1. The van der Waals surface area contributed by atoms with Gasteiger partial charge in [-0.25, -0.2) is 15.0 Å². The van der Waals surface area contributed by atoms with Gasteiger partial charge in [-0.3, -0.25) is 19.1 Å². The molecule has 3 aromatic heterocycles. The molecular weight excluding hydrogens is 775 g/mol. The smallest absolute Gasteiger partial charge is 0.248 e. The lowest BCUT2D eigenvalue weighted by Gasteiger charge is -2.42. The molecule has 0 radical (unpaired) electrons. The van der Waals surface area contributed by atoms with Gasteiger partial charge in [0.15, 0.2) is 5.78 Å². The number of nitrogens with one attached hydrogen (secondary N) is 1. The topological polar surface area (TPSA) is 126 Å². The number of ketones is 1. The maximum absolute atomic E-state index is 14.3. The summed E-state index contributed by atoms with van der Waals surface area (Å²) in [5.41, 5.74) is 4.93. The molecule has 1 saturated carbocycles. The fourth-order valence-electron chi connectivity index (χ4n) is 7.13. The third-order valence-corrected chi connectivity index (χ3v) is 11.8. The number of amides is 2. The van der Waals surface area contributed by atoms with Crippen LogP contribution in [0.15, 0.2) is 41.3 Å². The van der Waals surface area contributed by atoms with E-state index >= 15 is 0 Å². The van der Waals surface area contributed by atoms with Crippen molar-refractivity contribution in [1.29, 1.82) is 0 Å². The summed E-state index contributed by atoms with van der Waals surface area (Å²) in [7, 11) is 0. The highest BCUT2D eigenvalue weighted by atomic mass is 127. The Balaban J connectivity index is 1.19. The van der Waals surface area contributed by atoms with E-state index in [4.69, 9.17) is 0 Å². The van der Waals surface area contributed by atoms with E-state index < -0.39 is 6.04 Å². The third kappa shape index (κ3) is 6.21. The molecule has 2 amide bonds. The highest BCUT2D eigenvalue weighted by Gasteiger charge is 2.54. The molecule has 5 heterocycles. The van der Waals surface area contributed by atoms with Crippen molar-refractivity contribution in [3.05, 3.63) is 63.9 Å². The highest BCUT2D eigenvalue weighted by Crippen LogP contribution is 2.53. The maximum atomic E-state index is 14.3. The van der Waals surface area contributed by atoms with Crippen LogP contribution in [-0.2, 0) is 16.1 Å². The molecular formula is C34H36BrIN8O3. The number of carbonyl (C=O) groups is 3. The van der Waals surface area contributed by atoms with E-state index in [2.05, 4.69) is 68.8 Å². The number of nitrogens with zero attached hydrogens (tertiary/aromatic N) is 7. The number of likely N-dealkylation sites (tertiary alicyclic amines) is 2. The zero-order chi connectivity index (χ0) is 33.2. The van der Waals surface area contributed by atoms with Gasteiger partial charge in [-0.15, -0.1) is 0 Å². The zero-order valence-electron chi connectivity index (χ0n) is 26.8. The van der Waals surface area contributed by atoms with Crippen LogP contribution in [0.4, 0.5) is 5.82 Å². The van der Waals surface area contributed by atoms with Crippen LogP contribution in [0.5, 0.6) is 0 Å². The molecule has 1 aromatic carbocycles. The number of aromatic nitrogens is 5. The number of halogens is 2. The van der Waals surface area contributed by atoms with Crippen LogP contribution >= 0.6 is 38.5 Å². The van der Waals surface area contributed by atoms with Crippen LogP contribution in [0, 0.1) is 32.1 Å². The van der Waals surface area contributed by atoms with Gasteiger partial charge in [-0.05, 0) is 96.3 Å². The van der Waals surface area contributed by atoms with Crippen molar-refractivity contribution < 1.29 is 14.4 Å². The van der Waals surface area contributed by atoms with Crippen LogP contribution in [0.25, 0.3) is 22.0 Å². The molecule has 3 fully saturated rings. The van der Waals surface area contributed by atoms with Crippen molar-refractivity contribution in [3.63, 3.8) is 0 Å². The van der Waals surface area contributed by atoms with Crippen molar-refractivity contribution in [2.24, 2.45) is 11.3 Å². The molecule has 13 heteroatoms. The number of aryl methyl sites for hydroxylation is 3. The lowest BCUT2D eigenvalue weighted by Crippen LogP contribution is -2.51. The van der Waals surface area contributed by atoms with Gasteiger partial charge in [0.25, 0.3) is 0 Å². The van der Waals surface area contributed by atoms with E-state index in [9.17, 15) is 14.4 Å². The summed E-state index contributed by atoms with van der Waals surface area (Å²) < 4.78 is 2.05. The van der Waals surface area contributed by atoms with Gasteiger partial charge in [-0.1, -0.05) is 28.7 Å². The Kier molecular flexibility index (Phi) is 8.44. The number of rotatable bonds is 8. The average Bonchev–Trinajstić information content (AvgIpc) is 3.62. The van der Waals surface area contributed by atoms with Gasteiger partial charge < -0.3 is 15.1 Å². The first-order valence-electron chi connectivity index (χ1n) is 15.8. The van der Waals surface area contributed by atoms with E-state index in [0.29, 0.717) is 44.7 Å². The summed E-state index contributed by atoms with van der Waals surface area (Å²) in [4.78, 5) is 58.4. The van der Waals surface area contributed by atoms with Gasteiger partial charge in [-0.2, -0.15) is 5.10 Å². The van der Waals surface area contributed by atoms with E-state index in [1.807, 2.05) is 45.0 Å². The number of carbonyl (C=O) groups excluding carboxylic acids is 3. The average molecular weight is 812 g/mol. The second-order valence-corrected chi connectivity index (χ2v) is 15.5. The summed E-state index contributed by atoms with van der Waals surface area (Å²) in [6.45, 7) is 10.1. The van der Waals surface area contributed by atoms with E-state index in [0.717, 1.165) is 41.9 Å². The number of hydrogen-bond donors (Lipinski definition) is 1. The molecule has 244 valence electrons. The summed E-state index contributed by atoms with van der Waals surface area (Å²) in [6.07, 6.45) is 6.68. The van der Waals surface area contributed by atoms with E-state index in [-0.39, 0.29) is 34.1 Å². The highest BCUT2D eigenvalue weighted by molar-refractivity contribution is 14.1. The molecule has 47 heavy (non-hydrogen) atoms. The van der Waals surface area contributed by atoms with E-state index in [1.165, 1.54) is 19.8 Å². The van der Waals surface area contributed by atoms with Crippen molar-refractivity contribution in [3.8, 4) is 11.1 Å². The quantitative estimate of drug-likeness (QED) is 0.0815. The second kappa shape index (κ2) is 12.3. The van der Waals surface area contributed by atoms with Gasteiger partial charge in [0, 0.05) is 55.8 Å². The van der Waals surface area contributed by atoms with Crippen LogP contribution in [0.2, 0.25) is 0 Å². The summed E-state index contributed by atoms with van der Waals surface area (Å²) in [5.74, 6) is 0.608. The minimum atomic E-state index is -0.672. The Hall–Kier alpha value is -3.30. The van der Waals surface area contributed by atoms with Crippen LogP contribution in [0.3, 0.4) is 0 Å². The predicted octanol–water partition coefficient (Wildman–Crippen LogP) is 5.49. The van der Waals surface area contributed by atoms with Gasteiger partial charge in [0.2, 0.25) is 11.8 Å². The Morgan fingerprint density at radius 1 is 1.04 bits per heavy atom. The normalized spacial score (nSPS) is 21.7. The number of anilines is 1. The van der Waals surface area contributed by atoms with E-state index in [1.54, 1.807) is 22.0 Å². The Morgan fingerprint density at radius 2 is 1.77 bits per heavy atom. The number of fused-ring (bicyclic) bond motifs is 1. The molecule has 11 nitrogen and oxygen atoms in total. The predicted molar refractivity (Wildman–Crippen MR) is 190 cm³/mol. The Bertz CT molecular complexity index is 1920. The molecule has 1 aliphatic carbocycles. The molecule has 3 aliphatic rings. The molecule has 3 atom stereocenters. The minimum absolute atomic E-state index is 0.103. The molecule has 7 rings (SSSR count). The lowest BCUT2D eigenvalue weighted by molar-refractivity contribution is -0.137. The van der Waals surface area contributed by atoms with Gasteiger partial charge in [0.1, 0.15) is 34.5 Å². The molecule has 2 saturated heterocycles. The SMILES string of the molecule is CC(=O)c1nn(CC(=O)N2[C@H](I)[C@@H](CN3CC4(CC4)C3)C[C@H]2C(=O)Nc2nc(Br)ccc2C)c2c(C)cc(-c3cnc(C)nc3)cc12. The maximum Gasteiger partial charge on any atom is 0.248 e. The lowest BCUT2D eigenvalue weighted by atomic mass is 9.94. The Morgan fingerprint density at radius 3 is 2.45 bits per heavy atom. The van der Waals surface area contributed by atoms with Crippen LogP contribution in [0.1, 0.15) is 53.6 Å². The first-order valence-corrected chi connectivity index (χ1v) is 17.9. The van der Waals surface area contributed by atoms with Crippen LogP contribution in [-0.4, -0.2) is 81.9 Å². The van der Waals surface area contributed by atoms with Crippen molar-refractivity contribution >= 4 is 72.8 Å². The molecule has 4 aromatic rings. The van der Waals surface area contributed by atoms with Gasteiger partial charge >= 0.3 is 0 Å². The molecule has 1 spiro atoms. The fourth-order valence-corrected chi connectivity index (χ4v) is 8.65. The first-order chi connectivity index (χ1) is 22.4.